The van der Waals surface area contributed by atoms with Crippen LogP contribution in [0.4, 0.5) is 10.5 Å². The molecule has 0 atom stereocenters. The Labute approximate surface area is 194 Å². The number of urea groups is 1. The van der Waals surface area contributed by atoms with E-state index >= 15 is 0 Å². The monoisotopic (exact) mass is 443 g/mol. The third-order valence-corrected chi connectivity index (χ3v) is 5.97. The fourth-order valence-electron chi connectivity index (χ4n) is 4.21. The van der Waals surface area contributed by atoms with Crippen molar-refractivity contribution in [1.29, 1.82) is 0 Å². The molecule has 6 nitrogen and oxygen atoms in total. The van der Waals surface area contributed by atoms with Crippen LogP contribution >= 0.6 is 0 Å². The van der Waals surface area contributed by atoms with Gasteiger partial charge in [-0.15, -0.1) is 0 Å². The van der Waals surface area contributed by atoms with Crippen molar-refractivity contribution in [1.82, 2.24) is 10.2 Å². The van der Waals surface area contributed by atoms with Gasteiger partial charge in [-0.05, 0) is 41.8 Å². The molecule has 4 rings (SSSR count). The van der Waals surface area contributed by atoms with Crippen molar-refractivity contribution < 1.29 is 14.3 Å². The molecule has 1 saturated heterocycles. The molecule has 0 spiro atoms. The number of carbonyl (C=O) groups excluding carboxylic acids is 2. The molecule has 3 aromatic carbocycles. The fraction of sp³-hybridized carbons (Fsp3) is 0.259. The summed E-state index contributed by atoms with van der Waals surface area (Å²) >= 11 is 0. The van der Waals surface area contributed by atoms with Crippen LogP contribution in [0, 0.1) is 0 Å². The maximum absolute atomic E-state index is 12.8. The Balaban J connectivity index is 1.31. The molecule has 3 aromatic rings. The molecule has 0 bridgehead atoms. The highest BCUT2D eigenvalue weighted by molar-refractivity contribution is 5.96. The first-order chi connectivity index (χ1) is 16.2. The normalized spacial score (nSPS) is 13.5. The predicted octanol–water partition coefficient (Wildman–Crippen LogP) is 4.28. The molecule has 1 fully saturated rings. The van der Waals surface area contributed by atoms with Crippen molar-refractivity contribution in [2.45, 2.75) is 12.3 Å². The number of ether oxygens (including phenoxy) is 1. The van der Waals surface area contributed by atoms with Crippen LogP contribution in [0.15, 0.2) is 84.9 Å². The fourth-order valence-corrected chi connectivity index (χ4v) is 4.21. The largest absolute Gasteiger partial charge is 0.497 e. The van der Waals surface area contributed by atoms with Gasteiger partial charge >= 0.3 is 6.03 Å². The minimum Gasteiger partial charge on any atom is -0.497 e. The molecule has 1 N–H and O–H groups in total. The highest BCUT2D eigenvalue weighted by Gasteiger charge is 2.30. The summed E-state index contributed by atoms with van der Waals surface area (Å²) in [5.41, 5.74) is 3.25. The molecule has 1 aliphatic rings. The molecular formula is C27H29N3O3. The van der Waals surface area contributed by atoms with E-state index in [2.05, 4.69) is 29.6 Å². The predicted molar refractivity (Wildman–Crippen MR) is 130 cm³/mol. The maximum Gasteiger partial charge on any atom is 0.325 e. The van der Waals surface area contributed by atoms with Crippen LogP contribution in [-0.4, -0.2) is 50.1 Å². The van der Waals surface area contributed by atoms with Crippen molar-refractivity contribution in [2.75, 3.05) is 38.2 Å². The second-order valence-electron chi connectivity index (χ2n) is 8.07. The number of hydrogen-bond donors (Lipinski definition) is 1. The molecule has 0 aliphatic carbocycles. The number of rotatable bonds is 9. The molecule has 3 amide bonds. The first kappa shape index (κ1) is 22.4. The van der Waals surface area contributed by atoms with E-state index in [0.29, 0.717) is 19.6 Å². The lowest BCUT2D eigenvalue weighted by Crippen LogP contribution is -2.40. The number of methoxy groups -OCH3 is 1. The van der Waals surface area contributed by atoms with Gasteiger partial charge in [-0.25, -0.2) is 4.79 Å². The van der Waals surface area contributed by atoms with E-state index in [0.717, 1.165) is 17.9 Å². The first-order valence-electron chi connectivity index (χ1n) is 11.2. The highest BCUT2D eigenvalue weighted by Crippen LogP contribution is 2.27. The van der Waals surface area contributed by atoms with Crippen LogP contribution in [0.25, 0.3) is 0 Å². The first-order valence-corrected chi connectivity index (χ1v) is 11.2. The Bertz CT molecular complexity index is 1020. The van der Waals surface area contributed by atoms with Gasteiger partial charge in [0.05, 0.1) is 7.11 Å². The van der Waals surface area contributed by atoms with Gasteiger partial charge in [-0.2, -0.15) is 0 Å². The molecule has 0 saturated carbocycles. The number of amides is 3. The van der Waals surface area contributed by atoms with E-state index in [4.69, 9.17) is 4.74 Å². The molecule has 33 heavy (non-hydrogen) atoms. The summed E-state index contributed by atoms with van der Waals surface area (Å²) in [7, 11) is 1.61. The van der Waals surface area contributed by atoms with Gasteiger partial charge in [0.2, 0.25) is 5.91 Å². The van der Waals surface area contributed by atoms with Gasteiger partial charge in [0.25, 0.3) is 0 Å². The zero-order valence-corrected chi connectivity index (χ0v) is 18.8. The van der Waals surface area contributed by atoms with Gasteiger partial charge in [0.1, 0.15) is 12.3 Å². The zero-order valence-electron chi connectivity index (χ0n) is 18.8. The van der Waals surface area contributed by atoms with E-state index in [9.17, 15) is 9.59 Å². The Kier molecular flexibility index (Phi) is 7.25. The average Bonchev–Trinajstić information content (AvgIpc) is 3.22. The topological polar surface area (TPSA) is 61.9 Å². The zero-order chi connectivity index (χ0) is 23.0. The van der Waals surface area contributed by atoms with Crippen LogP contribution < -0.4 is 15.0 Å². The number of nitrogens with zero attached hydrogens (tertiary/aromatic N) is 2. The van der Waals surface area contributed by atoms with Crippen LogP contribution in [0.3, 0.4) is 0 Å². The van der Waals surface area contributed by atoms with Crippen molar-refractivity contribution in [3.8, 4) is 5.75 Å². The standard InChI is InChI=1S/C27H29N3O3/c1-33-24-14-12-23(13-15-24)30-19-18-29(27(30)32)20-26(31)28-17-16-25(21-8-4-2-5-9-21)22-10-6-3-7-11-22/h2-15,25H,16-20H2,1H3,(H,28,31). The molecule has 0 unspecified atom stereocenters. The number of carbonyl (C=O) groups is 2. The van der Waals surface area contributed by atoms with E-state index in [1.165, 1.54) is 11.1 Å². The van der Waals surface area contributed by atoms with Crippen molar-refractivity contribution in [3.63, 3.8) is 0 Å². The van der Waals surface area contributed by atoms with E-state index < -0.39 is 0 Å². The summed E-state index contributed by atoms with van der Waals surface area (Å²) in [6.45, 7) is 1.68. The van der Waals surface area contributed by atoms with E-state index in [-0.39, 0.29) is 24.4 Å². The van der Waals surface area contributed by atoms with Crippen molar-refractivity contribution >= 4 is 17.6 Å². The average molecular weight is 444 g/mol. The third-order valence-electron chi connectivity index (χ3n) is 5.97. The van der Waals surface area contributed by atoms with E-state index in [1.807, 2.05) is 60.7 Å². The van der Waals surface area contributed by atoms with Gasteiger partial charge in [-0.1, -0.05) is 60.7 Å². The molecule has 0 radical (unpaired) electrons. The lowest BCUT2D eigenvalue weighted by molar-refractivity contribution is -0.121. The minimum atomic E-state index is -0.151. The molecular weight excluding hydrogens is 414 g/mol. The Morgan fingerprint density at radius 3 is 2.09 bits per heavy atom. The number of benzene rings is 3. The number of hydrogen-bond acceptors (Lipinski definition) is 3. The second-order valence-corrected chi connectivity index (χ2v) is 8.07. The second kappa shape index (κ2) is 10.7. The maximum atomic E-state index is 12.8. The van der Waals surface area contributed by atoms with Gasteiger partial charge in [0.15, 0.2) is 0 Å². The molecule has 1 heterocycles. The van der Waals surface area contributed by atoms with Crippen LogP contribution in [0.2, 0.25) is 0 Å². The summed E-state index contributed by atoms with van der Waals surface area (Å²) in [5.74, 6) is 0.803. The van der Waals surface area contributed by atoms with Crippen LogP contribution in [-0.2, 0) is 4.79 Å². The SMILES string of the molecule is COc1ccc(N2CCN(CC(=O)NCCC(c3ccccc3)c3ccccc3)C2=O)cc1. The summed E-state index contributed by atoms with van der Waals surface area (Å²) in [4.78, 5) is 28.7. The summed E-state index contributed by atoms with van der Waals surface area (Å²) in [6, 6.07) is 27.9. The Morgan fingerprint density at radius 2 is 1.52 bits per heavy atom. The Morgan fingerprint density at radius 1 is 0.909 bits per heavy atom. The quantitative estimate of drug-likeness (QED) is 0.537. The van der Waals surface area contributed by atoms with Gasteiger partial charge in [0, 0.05) is 31.2 Å². The number of anilines is 1. The highest BCUT2D eigenvalue weighted by atomic mass is 16.5. The third kappa shape index (κ3) is 5.52. The lowest BCUT2D eigenvalue weighted by Gasteiger charge is -2.20. The van der Waals surface area contributed by atoms with Crippen molar-refractivity contribution in [3.05, 3.63) is 96.1 Å². The summed E-state index contributed by atoms with van der Waals surface area (Å²) < 4.78 is 5.18. The number of nitrogens with one attached hydrogen (secondary N) is 1. The molecule has 6 heteroatoms. The van der Waals surface area contributed by atoms with Gasteiger partial charge < -0.3 is 15.0 Å². The van der Waals surface area contributed by atoms with Crippen LogP contribution in [0.1, 0.15) is 23.5 Å². The minimum absolute atomic E-state index is 0.0623. The lowest BCUT2D eigenvalue weighted by atomic mass is 9.88. The molecule has 0 aromatic heterocycles. The summed E-state index contributed by atoms with van der Waals surface area (Å²) in [6.07, 6.45) is 0.783. The molecule has 170 valence electrons. The van der Waals surface area contributed by atoms with E-state index in [1.54, 1.807) is 16.9 Å². The van der Waals surface area contributed by atoms with Crippen LogP contribution in [0.5, 0.6) is 5.75 Å². The molecule has 1 aliphatic heterocycles. The van der Waals surface area contributed by atoms with Crippen molar-refractivity contribution in [2.24, 2.45) is 0 Å². The van der Waals surface area contributed by atoms with Gasteiger partial charge in [-0.3, -0.25) is 9.69 Å². The summed E-state index contributed by atoms with van der Waals surface area (Å²) in [5, 5.41) is 3.00. The Hall–Kier alpha value is -3.80. The smallest absolute Gasteiger partial charge is 0.325 e.